The summed E-state index contributed by atoms with van der Waals surface area (Å²) in [5.41, 5.74) is 2.74. The first kappa shape index (κ1) is 15.6. The number of aromatic nitrogens is 4. The zero-order valence-corrected chi connectivity index (χ0v) is 13.7. The highest BCUT2D eigenvalue weighted by molar-refractivity contribution is 6.08. The number of fused-ring (bicyclic) bond motifs is 1. The van der Waals surface area contributed by atoms with Crippen molar-refractivity contribution in [3.8, 4) is 6.07 Å². The van der Waals surface area contributed by atoms with Crippen LogP contribution >= 0.6 is 0 Å². The molecule has 7 nitrogen and oxygen atoms in total. The van der Waals surface area contributed by atoms with E-state index in [0.29, 0.717) is 17.8 Å². The topological polar surface area (TPSA) is 99.4 Å². The minimum Gasteiger partial charge on any atom is -0.349 e. The third-order valence-corrected chi connectivity index (χ3v) is 3.99. The summed E-state index contributed by atoms with van der Waals surface area (Å²) in [6.07, 6.45) is 5.01. The Morgan fingerprint density at radius 3 is 2.88 bits per heavy atom. The molecule has 1 aromatic carbocycles. The standard InChI is InChI=1S/C19H14N6O/c20-9-16-15-6-1-2-7-17(15)24-18(16)19(26)23-14-10-22-25(12-14)11-13-5-3-4-8-21-13/h1-8,10,12,24H,11H2,(H,23,26). The Labute approximate surface area is 148 Å². The first-order valence-corrected chi connectivity index (χ1v) is 7.99. The van der Waals surface area contributed by atoms with Crippen molar-refractivity contribution in [2.24, 2.45) is 0 Å². The van der Waals surface area contributed by atoms with Crippen LogP contribution in [0.4, 0.5) is 5.69 Å². The lowest BCUT2D eigenvalue weighted by Crippen LogP contribution is -2.13. The van der Waals surface area contributed by atoms with Gasteiger partial charge >= 0.3 is 0 Å². The number of amides is 1. The van der Waals surface area contributed by atoms with Crippen LogP contribution in [-0.2, 0) is 6.54 Å². The lowest BCUT2D eigenvalue weighted by Gasteiger charge is -2.01. The van der Waals surface area contributed by atoms with Crippen LogP contribution in [0.5, 0.6) is 0 Å². The molecule has 1 amide bonds. The fraction of sp³-hybridized carbons (Fsp3) is 0.0526. The van der Waals surface area contributed by atoms with E-state index in [1.165, 1.54) is 0 Å². The number of carbonyl (C=O) groups is 1. The Balaban J connectivity index is 1.55. The maximum absolute atomic E-state index is 12.6. The van der Waals surface area contributed by atoms with E-state index in [0.717, 1.165) is 16.6 Å². The molecule has 4 rings (SSSR count). The molecular formula is C19H14N6O. The molecule has 0 bridgehead atoms. The molecule has 0 aliphatic carbocycles. The van der Waals surface area contributed by atoms with Gasteiger partial charge in [0.25, 0.3) is 5.91 Å². The number of benzene rings is 1. The summed E-state index contributed by atoms with van der Waals surface area (Å²) in [4.78, 5) is 19.8. The minimum absolute atomic E-state index is 0.242. The maximum atomic E-state index is 12.6. The highest BCUT2D eigenvalue weighted by atomic mass is 16.1. The number of aromatic amines is 1. The van der Waals surface area contributed by atoms with Crippen molar-refractivity contribution in [2.75, 3.05) is 5.32 Å². The van der Waals surface area contributed by atoms with E-state index in [-0.39, 0.29) is 11.6 Å². The van der Waals surface area contributed by atoms with Crippen molar-refractivity contribution in [3.05, 3.63) is 78.0 Å². The predicted octanol–water partition coefficient (Wildman–Crippen LogP) is 2.93. The molecular weight excluding hydrogens is 328 g/mol. The minimum atomic E-state index is -0.380. The molecule has 26 heavy (non-hydrogen) atoms. The van der Waals surface area contributed by atoms with Gasteiger partial charge in [-0.3, -0.25) is 14.5 Å². The number of para-hydroxylation sites is 1. The van der Waals surface area contributed by atoms with Gasteiger partial charge in [-0.25, -0.2) is 0 Å². The Morgan fingerprint density at radius 1 is 1.23 bits per heavy atom. The fourth-order valence-corrected chi connectivity index (χ4v) is 2.79. The first-order chi connectivity index (χ1) is 12.7. The molecule has 2 N–H and O–H groups in total. The van der Waals surface area contributed by atoms with E-state index in [1.54, 1.807) is 23.3 Å². The highest BCUT2D eigenvalue weighted by Crippen LogP contribution is 2.22. The van der Waals surface area contributed by atoms with Crippen LogP contribution < -0.4 is 5.32 Å². The quantitative estimate of drug-likeness (QED) is 0.595. The number of carbonyl (C=O) groups excluding carboxylic acids is 1. The Hall–Kier alpha value is -3.92. The molecule has 4 aromatic rings. The molecule has 0 aliphatic heterocycles. The van der Waals surface area contributed by atoms with Crippen molar-refractivity contribution >= 4 is 22.5 Å². The molecule has 126 valence electrons. The van der Waals surface area contributed by atoms with Crippen LogP contribution in [0, 0.1) is 11.3 Å². The molecule has 0 spiro atoms. The van der Waals surface area contributed by atoms with Gasteiger partial charge in [-0.1, -0.05) is 24.3 Å². The van der Waals surface area contributed by atoms with Gasteiger partial charge in [-0.05, 0) is 18.2 Å². The second-order valence-electron chi connectivity index (χ2n) is 5.73. The van der Waals surface area contributed by atoms with Crippen LogP contribution in [0.2, 0.25) is 0 Å². The number of nitriles is 1. The van der Waals surface area contributed by atoms with Crippen LogP contribution in [0.1, 0.15) is 21.7 Å². The van der Waals surface area contributed by atoms with Crippen molar-refractivity contribution in [2.45, 2.75) is 6.54 Å². The van der Waals surface area contributed by atoms with Gasteiger partial charge in [0.15, 0.2) is 0 Å². The summed E-state index contributed by atoms with van der Waals surface area (Å²) >= 11 is 0. The molecule has 7 heteroatoms. The number of hydrogen-bond acceptors (Lipinski definition) is 4. The average molecular weight is 342 g/mol. The Morgan fingerprint density at radius 2 is 2.08 bits per heavy atom. The number of pyridine rings is 1. The first-order valence-electron chi connectivity index (χ1n) is 7.99. The average Bonchev–Trinajstić information content (AvgIpc) is 3.26. The number of nitrogens with zero attached hydrogens (tertiary/aromatic N) is 4. The van der Waals surface area contributed by atoms with E-state index in [1.807, 2.05) is 42.5 Å². The van der Waals surface area contributed by atoms with Crippen LogP contribution in [-0.4, -0.2) is 25.7 Å². The highest BCUT2D eigenvalue weighted by Gasteiger charge is 2.18. The molecule has 0 atom stereocenters. The van der Waals surface area contributed by atoms with Gasteiger partial charge in [0, 0.05) is 23.3 Å². The van der Waals surface area contributed by atoms with Crippen LogP contribution in [0.25, 0.3) is 10.9 Å². The number of anilines is 1. The number of H-pyrrole nitrogens is 1. The molecule has 0 fully saturated rings. The van der Waals surface area contributed by atoms with Gasteiger partial charge in [-0.15, -0.1) is 0 Å². The zero-order chi connectivity index (χ0) is 17.9. The largest absolute Gasteiger partial charge is 0.349 e. The lowest BCUT2D eigenvalue weighted by atomic mass is 10.1. The monoisotopic (exact) mass is 342 g/mol. The Bertz CT molecular complexity index is 1120. The fourth-order valence-electron chi connectivity index (χ4n) is 2.79. The molecule has 3 heterocycles. The second kappa shape index (κ2) is 6.53. The summed E-state index contributed by atoms with van der Waals surface area (Å²) in [5.74, 6) is -0.380. The van der Waals surface area contributed by atoms with E-state index < -0.39 is 0 Å². The molecule has 0 unspecified atom stereocenters. The molecule has 0 saturated carbocycles. The summed E-state index contributed by atoms with van der Waals surface area (Å²) in [7, 11) is 0. The van der Waals surface area contributed by atoms with Crippen molar-refractivity contribution in [3.63, 3.8) is 0 Å². The van der Waals surface area contributed by atoms with Crippen LogP contribution in [0.15, 0.2) is 61.1 Å². The molecule has 3 aromatic heterocycles. The normalized spacial score (nSPS) is 10.6. The number of rotatable bonds is 4. The van der Waals surface area contributed by atoms with Crippen molar-refractivity contribution in [1.82, 2.24) is 19.7 Å². The van der Waals surface area contributed by atoms with Gasteiger partial charge in [-0.2, -0.15) is 10.4 Å². The van der Waals surface area contributed by atoms with Gasteiger partial charge in [0.2, 0.25) is 0 Å². The van der Waals surface area contributed by atoms with Crippen LogP contribution in [0.3, 0.4) is 0 Å². The summed E-state index contributed by atoms with van der Waals surface area (Å²) in [6, 6.07) is 15.1. The molecule has 0 aliphatic rings. The van der Waals surface area contributed by atoms with E-state index in [2.05, 4.69) is 26.5 Å². The van der Waals surface area contributed by atoms with E-state index in [4.69, 9.17) is 0 Å². The van der Waals surface area contributed by atoms with Crippen molar-refractivity contribution in [1.29, 1.82) is 5.26 Å². The van der Waals surface area contributed by atoms with E-state index >= 15 is 0 Å². The van der Waals surface area contributed by atoms with Gasteiger partial charge in [0.05, 0.1) is 29.7 Å². The molecule has 0 radical (unpaired) electrons. The van der Waals surface area contributed by atoms with E-state index in [9.17, 15) is 10.1 Å². The third-order valence-electron chi connectivity index (χ3n) is 3.99. The summed E-state index contributed by atoms with van der Waals surface area (Å²) in [5, 5.41) is 17.1. The lowest BCUT2D eigenvalue weighted by molar-refractivity contribution is 0.102. The van der Waals surface area contributed by atoms with Gasteiger partial charge in [0.1, 0.15) is 11.8 Å². The Kier molecular flexibility index (Phi) is 3.92. The number of hydrogen-bond donors (Lipinski definition) is 2. The molecule has 0 saturated heterocycles. The summed E-state index contributed by atoms with van der Waals surface area (Å²) in [6.45, 7) is 0.506. The van der Waals surface area contributed by atoms with Gasteiger partial charge < -0.3 is 10.3 Å². The number of nitrogens with one attached hydrogen (secondary N) is 2. The second-order valence-corrected chi connectivity index (χ2v) is 5.73. The summed E-state index contributed by atoms with van der Waals surface area (Å²) < 4.78 is 1.69. The zero-order valence-electron chi connectivity index (χ0n) is 13.7. The third kappa shape index (κ3) is 2.91. The van der Waals surface area contributed by atoms with Crippen molar-refractivity contribution < 1.29 is 4.79 Å². The maximum Gasteiger partial charge on any atom is 0.273 e. The predicted molar refractivity (Wildman–Crippen MR) is 96.5 cm³/mol. The SMILES string of the molecule is N#Cc1c(C(=O)Nc2cnn(Cc3ccccn3)c2)[nH]c2ccccc12. The smallest absolute Gasteiger partial charge is 0.273 e.